The lowest BCUT2D eigenvalue weighted by Crippen LogP contribution is -2.49. The molecule has 0 heterocycles. The molecule has 0 saturated carbocycles. The largest absolute Gasteiger partial charge is 0.352 e. The average molecular weight is 477 g/mol. The second kappa shape index (κ2) is 12.3. The Morgan fingerprint density at radius 2 is 1.66 bits per heavy atom. The molecule has 174 valence electrons. The molecule has 2 atom stereocenters. The van der Waals surface area contributed by atoms with Gasteiger partial charge in [0.05, 0.1) is 0 Å². The van der Waals surface area contributed by atoms with Crippen molar-refractivity contribution in [2.24, 2.45) is 0 Å². The fourth-order valence-corrected chi connectivity index (χ4v) is 3.81. The summed E-state index contributed by atoms with van der Waals surface area (Å²) < 4.78 is 0. The molecule has 2 rings (SSSR count). The van der Waals surface area contributed by atoms with Gasteiger partial charge < -0.3 is 10.2 Å². The van der Waals surface area contributed by atoms with E-state index in [4.69, 9.17) is 23.2 Å². The van der Waals surface area contributed by atoms with Crippen LogP contribution in [-0.4, -0.2) is 28.8 Å². The summed E-state index contributed by atoms with van der Waals surface area (Å²) in [4.78, 5) is 27.7. The zero-order chi connectivity index (χ0) is 23.8. The quantitative estimate of drug-likeness (QED) is 0.432. The minimum Gasteiger partial charge on any atom is -0.352 e. The molecule has 4 nitrogen and oxygen atoms in total. The van der Waals surface area contributed by atoms with Crippen molar-refractivity contribution < 1.29 is 9.59 Å². The first-order valence-electron chi connectivity index (χ1n) is 11.2. The Hall–Kier alpha value is -2.04. The van der Waals surface area contributed by atoms with Crippen LogP contribution in [0.5, 0.6) is 0 Å². The SMILES string of the molecule is CC[C@@H](C)NC(=O)[C@@H](C)N(Cc1ccc(Cl)cc1Cl)C(=O)CCc1ccc(C(C)C)cc1. The van der Waals surface area contributed by atoms with Crippen molar-refractivity contribution in [2.75, 3.05) is 0 Å². The van der Waals surface area contributed by atoms with Gasteiger partial charge >= 0.3 is 0 Å². The van der Waals surface area contributed by atoms with Crippen LogP contribution in [0.1, 0.15) is 70.1 Å². The fourth-order valence-electron chi connectivity index (χ4n) is 3.35. The Bertz CT molecular complexity index is 913. The average Bonchev–Trinajstić information content (AvgIpc) is 2.76. The van der Waals surface area contributed by atoms with Crippen molar-refractivity contribution >= 4 is 35.0 Å². The number of hydrogen-bond donors (Lipinski definition) is 1. The van der Waals surface area contributed by atoms with Crippen LogP contribution in [0.15, 0.2) is 42.5 Å². The van der Waals surface area contributed by atoms with Crippen LogP contribution in [0.3, 0.4) is 0 Å². The molecular formula is C26H34Cl2N2O2. The molecule has 0 aromatic heterocycles. The third kappa shape index (κ3) is 7.53. The van der Waals surface area contributed by atoms with E-state index in [1.165, 1.54) is 5.56 Å². The molecule has 1 N–H and O–H groups in total. The monoisotopic (exact) mass is 476 g/mol. The van der Waals surface area contributed by atoms with Crippen molar-refractivity contribution in [3.63, 3.8) is 0 Å². The second-order valence-electron chi connectivity index (χ2n) is 8.65. The number of carbonyl (C=O) groups is 2. The smallest absolute Gasteiger partial charge is 0.242 e. The number of rotatable bonds is 10. The molecule has 0 aliphatic heterocycles. The lowest BCUT2D eigenvalue weighted by Gasteiger charge is -2.30. The van der Waals surface area contributed by atoms with Gasteiger partial charge in [0.1, 0.15) is 6.04 Å². The summed E-state index contributed by atoms with van der Waals surface area (Å²) in [5, 5.41) is 3.99. The van der Waals surface area contributed by atoms with Crippen LogP contribution >= 0.6 is 23.2 Å². The van der Waals surface area contributed by atoms with Gasteiger partial charge in [-0.15, -0.1) is 0 Å². The second-order valence-corrected chi connectivity index (χ2v) is 9.49. The van der Waals surface area contributed by atoms with Gasteiger partial charge in [-0.3, -0.25) is 9.59 Å². The minimum atomic E-state index is -0.619. The van der Waals surface area contributed by atoms with Crippen molar-refractivity contribution in [1.29, 1.82) is 0 Å². The third-order valence-corrected chi connectivity index (χ3v) is 6.39. The van der Waals surface area contributed by atoms with E-state index >= 15 is 0 Å². The van der Waals surface area contributed by atoms with Gasteiger partial charge in [-0.2, -0.15) is 0 Å². The first-order valence-corrected chi connectivity index (χ1v) is 12.0. The summed E-state index contributed by atoms with van der Waals surface area (Å²) in [7, 11) is 0. The topological polar surface area (TPSA) is 49.4 Å². The number of nitrogens with zero attached hydrogens (tertiary/aromatic N) is 1. The Morgan fingerprint density at radius 1 is 1.00 bits per heavy atom. The predicted molar refractivity (Wildman–Crippen MR) is 133 cm³/mol. The molecule has 2 aromatic carbocycles. The molecule has 0 saturated heterocycles. The van der Waals surface area contributed by atoms with Gasteiger partial charge in [-0.25, -0.2) is 0 Å². The molecule has 0 radical (unpaired) electrons. The summed E-state index contributed by atoms with van der Waals surface area (Å²) in [5.41, 5.74) is 3.13. The van der Waals surface area contributed by atoms with E-state index in [2.05, 4.69) is 43.4 Å². The Labute approximate surface area is 202 Å². The molecule has 32 heavy (non-hydrogen) atoms. The van der Waals surface area contributed by atoms with Crippen LogP contribution < -0.4 is 5.32 Å². The maximum Gasteiger partial charge on any atom is 0.242 e. The van der Waals surface area contributed by atoms with Gasteiger partial charge in [0.2, 0.25) is 11.8 Å². The lowest BCUT2D eigenvalue weighted by atomic mass is 10.00. The molecule has 0 aliphatic rings. The highest BCUT2D eigenvalue weighted by atomic mass is 35.5. The summed E-state index contributed by atoms with van der Waals surface area (Å²) >= 11 is 12.4. The Kier molecular flexibility index (Phi) is 10.0. The molecule has 0 unspecified atom stereocenters. The van der Waals surface area contributed by atoms with Gasteiger partial charge in [0.15, 0.2) is 0 Å². The van der Waals surface area contributed by atoms with Gasteiger partial charge in [0.25, 0.3) is 0 Å². The maximum absolute atomic E-state index is 13.3. The van der Waals surface area contributed by atoms with Crippen LogP contribution in [0.2, 0.25) is 10.0 Å². The van der Waals surface area contributed by atoms with E-state index in [-0.39, 0.29) is 24.4 Å². The molecule has 0 aliphatic carbocycles. The van der Waals surface area contributed by atoms with Crippen LogP contribution in [-0.2, 0) is 22.6 Å². The van der Waals surface area contributed by atoms with Gasteiger partial charge in [0, 0.05) is 29.1 Å². The molecular weight excluding hydrogens is 443 g/mol. The summed E-state index contributed by atoms with van der Waals surface area (Å²) in [6, 6.07) is 13.0. The van der Waals surface area contributed by atoms with Crippen molar-refractivity contribution in [3.8, 4) is 0 Å². The van der Waals surface area contributed by atoms with Crippen LogP contribution in [0, 0.1) is 0 Å². The number of carbonyl (C=O) groups excluding carboxylic acids is 2. The standard InChI is InChI=1S/C26H34Cl2N2O2/c1-6-18(4)29-26(32)19(5)30(16-22-12-13-23(27)15-24(22)28)25(31)14-9-20-7-10-21(11-8-20)17(2)3/h7-8,10-13,15,17-19H,6,9,14,16H2,1-5H3,(H,29,32)/t18-,19-/m1/s1. The van der Waals surface area contributed by atoms with E-state index < -0.39 is 6.04 Å². The number of aryl methyl sites for hydroxylation is 1. The molecule has 0 bridgehead atoms. The Balaban J connectivity index is 2.17. The summed E-state index contributed by atoms with van der Waals surface area (Å²) in [5.74, 6) is 0.213. The number of hydrogen-bond acceptors (Lipinski definition) is 2. The first kappa shape index (κ1) is 26.2. The molecule has 0 spiro atoms. The van der Waals surface area contributed by atoms with E-state index in [0.29, 0.717) is 28.8 Å². The number of halogens is 2. The minimum absolute atomic E-state index is 0.0421. The number of nitrogens with one attached hydrogen (secondary N) is 1. The summed E-state index contributed by atoms with van der Waals surface area (Å²) in [6.07, 6.45) is 1.75. The number of amides is 2. The van der Waals surface area contributed by atoms with Gasteiger partial charge in [-0.1, -0.05) is 74.3 Å². The zero-order valence-corrected chi connectivity index (χ0v) is 21.1. The zero-order valence-electron chi connectivity index (χ0n) is 19.6. The van der Waals surface area contributed by atoms with Crippen LogP contribution in [0.25, 0.3) is 0 Å². The molecule has 2 aromatic rings. The van der Waals surface area contributed by atoms with E-state index in [0.717, 1.165) is 17.5 Å². The highest BCUT2D eigenvalue weighted by molar-refractivity contribution is 6.35. The number of benzene rings is 2. The van der Waals surface area contributed by atoms with Crippen molar-refractivity contribution in [3.05, 3.63) is 69.2 Å². The normalized spacial score (nSPS) is 13.0. The third-order valence-electron chi connectivity index (χ3n) is 5.80. The summed E-state index contributed by atoms with van der Waals surface area (Å²) in [6.45, 7) is 10.3. The molecule has 6 heteroatoms. The highest BCUT2D eigenvalue weighted by Crippen LogP contribution is 2.24. The predicted octanol–water partition coefficient (Wildman–Crippen LogP) is 6.38. The van der Waals surface area contributed by atoms with E-state index in [9.17, 15) is 9.59 Å². The Morgan fingerprint density at radius 3 is 2.22 bits per heavy atom. The van der Waals surface area contributed by atoms with Crippen LogP contribution in [0.4, 0.5) is 0 Å². The highest BCUT2D eigenvalue weighted by Gasteiger charge is 2.27. The van der Waals surface area contributed by atoms with E-state index in [1.54, 1.807) is 30.0 Å². The lowest BCUT2D eigenvalue weighted by molar-refractivity contribution is -0.140. The first-order chi connectivity index (χ1) is 15.1. The van der Waals surface area contributed by atoms with Crippen molar-refractivity contribution in [2.45, 2.75) is 78.4 Å². The van der Waals surface area contributed by atoms with E-state index in [1.807, 2.05) is 13.8 Å². The fraction of sp³-hybridized carbons (Fsp3) is 0.462. The van der Waals surface area contributed by atoms with Gasteiger partial charge in [-0.05, 0) is 61.4 Å². The maximum atomic E-state index is 13.3. The molecule has 2 amide bonds. The molecule has 0 fully saturated rings. The van der Waals surface area contributed by atoms with Crippen molar-refractivity contribution in [1.82, 2.24) is 10.2 Å².